The molecule has 0 aliphatic carbocycles. The van der Waals surface area contributed by atoms with E-state index in [1.165, 1.54) is 17.7 Å². The van der Waals surface area contributed by atoms with Crippen molar-refractivity contribution in [2.24, 2.45) is 0 Å². The van der Waals surface area contributed by atoms with E-state index in [1.807, 2.05) is 25.7 Å². The number of carbonyl (C=O) groups excluding carboxylic acids is 1. The van der Waals surface area contributed by atoms with E-state index < -0.39 is 5.60 Å². The van der Waals surface area contributed by atoms with E-state index in [9.17, 15) is 4.79 Å². The lowest BCUT2D eigenvalue weighted by Gasteiger charge is -2.36. The van der Waals surface area contributed by atoms with E-state index in [1.54, 1.807) is 0 Å². The Hall–Kier alpha value is -1.79. The van der Waals surface area contributed by atoms with E-state index in [-0.39, 0.29) is 6.09 Å². The average molecular weight is 390 g/mol. The predicted octanol–water partition coefficient (Wildman–Crippen LogP) is 3.01. The maximum absolute atomic E-state index is 12.2. The molecule has 2 aliphatic heterocycles. The molecule has 6 nitrogen and oxygen atoms in total. The normalized spacial score (nSPS) is 19.0. The summed E-state index contributed by atoms with van der Waals surface area (Å²) in [5.74, 6) is 0. The molecule has 0 atom stereocenters. The fourth-order valence-corrected chi connectivity index (χ4v) is 3.68. The number of piperazine rings is 1. The molecule has 1 amide bonds. The number of aryl methyl sites for hydroxylation is 1. The van der Waals surface area contributed by atoms with Crippen molar-refractivity contribution in [3.63, 3.8) is 0 Å². The van der Waals surface area contributed by atoms with Crippen molar-refractivity contribution in [3.8, 4) is 0 Å². The second-order valence-corrected chi connectivity index (χ2v) is 8.68. The SMILES string of the molecule is CC(C)(C)OC(=O)N1CCN(c2ccc(CCCN3CCOCC3)cc2)CC1. The van der Waals surface area contributed by atoms with Crippen molar-refractivity contribution < 1.29 is 14.3 Å². The lowest BCUT2D eigenvalue weighted by Crippen LogP contribution is -2.50. The molecule has 0 spiro atoms. The Labute approximate surface area is 169 Å². The third-order valence-corrected chi connectivity index (χ3v) is 5.28. The average Bonchev–Trinajstić information content (AvgIpc) is 2.68. The van der Waals surface area contributed by atoms with Gasteiger partial charge in [-0.05, 0) is 57.9 Å². The highest BCUT2D eigenvalue weighted by Crippen LogP contribution is 2.19. The molecule has 2 fully saturated rings. The molecular weight excluding hydrogens is 354 g/mol. The maximum atomic E-state index is 12.2. The largest absolute Gasteiger partial charge is 0.444 e. The lowest BCUT2D eigenvalue weighted by atomic mass is 10.1. The zero-order valence-corrected chi connectivity index (χ0v) is 17.7. The minimum Gasteiger partial charge on any atom is -0.444 e. The van der Waals surface area contributed by atoms with Gasteiger partial charge in [-0.3, -0.25) is 4.90 Å². The van der Waals surface area contributed by atoms with Gasteiger partial charge in [0.25, 0.3) is 0 Å². The first-order chi connectivity index (χ1) is 13.4. The van der Waals surface area contributed by atoms with Crippen LogP contribution in [0.15, 0.2) is 24.3 Å². The number of rotatable bonds is 5. The van der Waals surface area contributed by atoms with Gasteiger partial charge in [-0.25, -0.2) is 4.79 Å². The molecule has 28 heavy (non-hydrogen) atoms. The van der Waals surface area contributed by atoms with Crippen molar-refractivity contribution in [1.29, 1.82) is 0 Å². The van der Waals surface area contributed by atoms with Crippen LogP contribution >= 0.6 is 0 Å². The van der Waals surface area contributed by atoms with Crippen molar-refractivity contribution in [2.75, 3.05) is 63.9 Å². The van der Waals surface area contributed by atoms with E-state index in [0.717, 1.165) is 52.4 Å². The third kappa shape index (κ3) is 6.38. The highest BCUT2D eigenvalue weighted by molar-refractivity contribution is 5.68. The molecule has 0 saturated carbocycles. The van der Waals surface area contributed by atoms with Crippen molar-refractivity contribution in [3.05, 3.63) is 29.8 Å². The molecule has 1 aromatic rings. The fourth-order valence-electron chi connectivity index (χ4n) is 3.68. The summed E-state index contributed by atoms with van der Waals surface area (Å²) in [5, 5.41) is 0. The summed E-state index contributed by atoms with van der Waals surface area (Å²) >= 11 is 0. The molecule has 0 unspecified atom stereocenters. The van der Waals surface area contributed by atoms with Gasteiger partial charge >= 0.3 is 6.09 Å². The Bertz CT molecular complexity index is 613. The van der Waals surface area contributed by atoms with Crippen molar-refractivity contribution in [1.82, 2.24) is 9.80 Å². The van der Waals surface area contributed by atoms with Gasteiger partial charge in [0.1, 0.15) is 5.60 Å². The van der Waals surface area contributed by atoms with Gasteiger partial charge in [-0.15, -0.1) is 0 Å². The highest BCUT2D eigenvalue weighted by Gasteiger charge is 2.25. The number of hydrogen-bond acceptors (Lipinski definition) is 5. The van der Waals surface area contributed by atoms with Crippen LogP contribution in [0.25, 0.3) is 0 Å². The van der Waals surface area contributed by atoms with Gasteiger partial charge in [0.05, 0.1) is 13.2 Å². The lowest BCUT2D eigenvalue weighted by molar-refractivity contribution is 0.0240. The number of benzene rings is 1. The molecule has 0 bridgehead atoms. The van der Waals surface area contributed by atoms with Crippen molar-refractivity contribution >= 4 is 11.8 Å². The molecule has 2 heterocycles. The van der Waals surface area contributed by atoms with Gasteiger partial charge in [0.15, 0.2) is 0 Å². The molecule has 0 aromatic heterocycles. The summed E-state index contributed by atoms with van der Waals surface area (Å²) in [6, 6.07) is 8.92. The first-order valence-corrected chi connectivity index (χ1v) is 10.5. The van der Waals surface area contributed by atoms with E-state index in [0.29, 0.717) is 13.1 Å². The van der Waals surface area contributed by atoms with Crippen molar-refractivity contribution in [2.45, 2.75) is 39.2 Å². The highest BCUT2D eigenvalue weighted by atomic mass is 16.6. The van der Waals surface area contributed by atoms with Crippen LogP contribution < -0.4 is 4.90 Å². The zero-order chi connectivity index (χ0) is 20.0. The van der Waals surface area contributed by atoms with Gasteiger partial charge in [0, 0.05) is 45.0 Å². The van der Waals surface area contributed by atoms with Crippen LogP contribution in [0.4, 0.5) is 10.5 Å². The Morgan fingerprint density at radius 3 is 2.25 bits per heavy atom. The van der Waals surface area contributed by atoms with Crippen LogP contribution in [0.1, 0.15) is 32.8 Å². The summed E-state index contributed by atoms with van der Waals surface area (Å²) in [5.41, 5.74) is 2.19. The number of anilines is 1. The second-order valence-electron chi connectivity index (χ2n) is 8.68. The van der Waals surface area contributed by atoms with E-state index in [2.05, 4.69) is 34.1 Å². The number of hydrogen-bond donors (Lipinski definition) is 0. The molecule has 0 radical (unpaired) electrons. The summed E-state index contributed by atoms with van der Waals surface area (Å²) in [4.78, 5) is 18.8. The minimum atomic E-state index is -0.439. The first-order valence-electron chi connectivity index (χ1n) is 10.5. The Morgan fingerprint density at radius 2 is 1.64 bits per heavy atom. The molecule has 156 valence electrons. The molecule has 1 aromatic carbocycles. The number of nitrogens with zero attached hydrogens (tertiary/aromatic N) is 3. The summed E-state index contributed by atoms with van der Waals surface area (Å²) in [6.07, 6.45) is 2.10. The predicted molar refractivity (Wildman–Crippen MR) is 112 cm³/mol. The smallest absolute Gasteiger partial charge is 0.410 e. The Kier molecular flexibility index (Phi) is 7.18. The third-order valence-electron chi connectivity index (χ3n) is 5.28. The minimum absolute atomic E-state index is 0.206. The zero-order valence-electron chi connectivity index (χ0n) is 17.7. The topological polar surface area (TPSA) is 45.2 Å². The van der Waals surface area contributed by atoms with E-state index >= 15 is 0 Å². The van der Waals surface area contributed by atoms with Gasteiger partial charge in [-0.1, -0.05) is 12.1 Å². The number of carbonyl (C=O) groups is 1. The number of morpholine rings is 1. The van der Waals surface area contributed by atoms with Crippen LogP contribution in [-0.4, -0.2) is 80.5 Å². The molecule has 6 heteroatoms. The summed E-state index contributed by atoms with van der Waals surface area (Å²) in [6.45, 7) is 13.8. The van der Waals surface area contributed by atoms with Crippen LogP contribution in [0, 0.1) is 0 Å². The second kappa shape index (κ2) is 9.61. The molecular formula is C22H35N3O3. The molecule has 3 rings (SSSR count). The number of ether oxygens (including phenoxy) is 2. The Balaban J connectivity index is 1.41. The monoisotopic (exact) mass is 389 g/mol. The summed E-state index contributed by atoms with van der Waals surface area (Å²) < 4.78 is 10.9. The van der Waals surface area contributed by atoms with Gasteiger partial charge in [-0.2, -0.15) is 0 Å². The number of amides is 1. The molecule has 0 N–H and O–H groups in total. The Morgan fingerprint density at radius 1 is 1.00 bits per heavy atom. The first kappa shape index (κ1) is 20.9. The quantitative estimate of drug-likeness (QED) is 0.775. The standard InChI is InChI=1S/C22H35N3O3/c1-22(2,3)28-21(26)25-13-11-24(12-14-25)20-8-6-19(7-9-20)5-4-10-23-15-17-27-18-16-23/h6-9H,4-5,10-18H2,1-3H3. The van der Waals surface area contributed by atoms with Crippen LogP contribution in [0.2, 0.25) is 0 Å². The summed E-state index contributed by atoms with van der Waals surface area (Å²) in [7, 11) is 0. The fraction of sp³-hybridized carbons (Fsp3) is 0.682. The van der Waals surface area contributed by atoms with Crippen LogP contribution in [0.5, 0.6) is 0 Å². The van der Waals surface area contributed by atoms with Gasteiger partial charge < -0.3 is 19.3 Å². The van der Waals surface area contributed by atoms with Crippen LogP contribution in [0.3, 0.4) is 0 Å². The maximum Gasteiger partial charge on any atom is 0.410 e. The van der Waals surface area contributed by atoms with Crippen LogP contribution in [-0.2, 0) is 15.9 Å². The molecule has 2 aliphatic rings. The van der Waals surface area contributed by atoms with E-state index in [4.69, 9.17) is 9.47 Å². The molecule has 2 saturated heterocycles. The van der Waals surface area contributed by atoms with Gasteiger partial charge in [0.2, 0.25) is 0 Å².